The van der Waals surface area contributed by atoms with E-state index < -0.39 is 12.1 Å². The van der Waals surface area contributed by atoms with E-state index in [1.165, 1.54) is 12.5 Å². The van der Waals surface area contributed by atoms with Gasteiger partial charge in [-0.3, -0.25) is 0 Å². The number of ether oxygens (including phenoxy) is 1. The van der Waals surface area contributed by atoms with Crippen LogP contribution in [0, 0.1) is 0 Å². The fourth-order valence-corrected chi connectivity index (χ4v) is 1.63. The first kappa shape index (κ1) is 12.3. The summed E-state index contributed by atoms with van der Waals surface area (Å²) in [6.07, 6.45) is 1.60. The molecule has 2 rings (SSSR count). The Morgan fingerprint density at radius 1 is 1.50 bits per heavy atom. The molecule has 0 saturated heterocycles. The lowest BCUT2D eigenvalue weighted by Crippen LogP contribution is -2.16. The van der Waals surface area contributed by atoms with Crippen LogP contribution >= 0.6 is 0 Å². The van der Waals surface area contributed by atoms with E-state index >= 15 is 0 Å². The Hall–Kier alpha value is -2.14. The fourth-order valence-electron chi connectivity index (χ4n) is 1.63. The Bertz CT molecular complexity index is 522. The lowest BCUT2D eigenvalue weighted by atomic mass is 10.0. The third-order valence-electron chi connectivity index (χ3n) is 2.43. The highest BCUT2D eigenvalue weighted by atomic mass is 16.5. The van der Waals surface area contributed by atoms with Crippen molar-refractivity contribution in [3.8, 4) is 11.5 Å². The average Bonchev–Trinajstić information content (AvgIpc) is 2.92. The van der Waals surface area contributed by atoms with Crippen LogP contribution in [0.15, 0.2) is 41.1 Å². The standard InChI is InChI=1S/C13H13NO4/c1-2-17-13(16)11(15)9-5-3-4-6-10(9)12-14-7-8-18-12/h3-8,11,15H,2H2,1H3. The normalized spacial score (nSPS) is 12.1. The van der Waals surface area contributed by atoms with Crippen molar-refractivity contribution >= 4 is 5.97 Å². The molecule has 0 fully saturated rings. The van der Waals surface area contributed by atoms with E-state index in [1.807, 2.05) is 0 Å². The highest BCUT2D eigenvalue weighted by Gasteiger charge is 2.23. The molecule has 1 atom stereocenters. The maximum absolute atomic E-state index is 11.5. The van der Waals surface area contributed by atoms with Gasteiger partial charge in [-0.25, -0.2) is 9.78 Å². The van der Waals surface area contributed by atoms with Gasteiger partial charge in [0.15, 0.2) is 6.10 Å². The monoisotopic (exact) mass is 247 g/mol. The van der Waals surface area contributed by atoms with E-state index in [0.717, 1.165) is 0 Å². The average molecular weight is 247 g/mol. The fraction of sp³-hybridized carbons (Fsp3) is 0.231. The number of benzene rings is 1. The molecule has 1 aromatic carbocycles. The number of carbonyl (C=O) groups excluding carboxylic acids is 1. The molecular formula is C13H13NO4. The van der Waals surface area contributed by atoms with Crippen LogP contribution in [-0.4, -0.2) is 22.7 Å². The van der Waals surface area contributed by atoms with Gasteiger partial charge in [-0.2, -0.15) is 0 Å². The number of carbonyl (C=O) groups is 1. The zero-order valence-electron chi connectivity index (χ0n) is 9.87. The molecule has 0 aliphatic rings. The molecule has 1 N–H and O–H groups in total. The van der Waals surface area contributed by atoms with E-state index in [4.69, 9.17) is 9.15 Å². The van der Waals surface area contributed by atoms with Gasteiger partial charge in [0, 0.05) is 11.1 Å². The van der Waals surface area contributed by atoms with E-state index in [0.29, 0.717) is 17.0 Å². The summed E-state index contributed by atoms with van der Waals surface area (Å²) in [5.74, 6) is -0.328. The van der Waals surface area contributed by atoms with Crippen molar-refractivity contribution < 1.29 is 19.1 Å². The molecule has 0 aliphatic heterocycles. The number of aliphatic hydroxyl groups is 1. The van der Waals surface area contributed by atoms with Crippen molar-refractivity contribution in [1.82, 2.24) is 4.98 Å². The van der Waals surface area contributed by atoms with Gasteiger partial charge in [0.1, 0.15) is 6.26 Å². The lowest BCUT2D eigenvalue weighted by Gasteiger charge is -2.12. The van der Waals surface area contributed by atoms with Gasteiger partial charge in [-0.1, -0.05) is 18.2 Å². The summed E-state index contributed by atoms with van der Waals surface area (Å²) < 4.78 is 9.97. The van der Waals surface area contributed by atoms with Crippen molar-refractivity contribution in [2.24, 2.45) is 0 Å². The van der Waals surface area contributed by atoms with Crippen molar-refractivity contribution in [2.75, 3.05) is 6.61 Å². The SMILES string of the molecule is CCOC(=O)C(O)c1ccccc1-c1ncco1. The highest BCUT2D eigenvalue weighted by Crippen LogP contribution is 2.27. The molecule has 1 aromatic heterocycles. The Morgan fingerprint density at radius 2 is 2.28 bits per heavy atom. The molecule has 5 heteroatoms. The minimum Gasteiger partial charge on any atom is -0.464 e. The van der Waals surface area contributed by atoms with E-state index in [-0.39, 0.29) is 6.61 Å². The topological polar surface area (TPSA) is 72.6 Å². The van der Waals surface area contributed by atoms with Crippen LogP contribution in [0.25, 0.3) is 11.5 Å². The molecular weight excluding hydrogens is 234 g/mol. The van der Waals surface area contributed by atoms with Gasteiger partial charge >= 0.3 is 5.97 Å². The predicted molar refractivity (Wildman–Crippen MR) is 63.5 cm³/mol. The van der Waals surface area contributed by atoms with Crippen LogP contribution in [0.5, 0.6) is 0 Å². The summed E-state index contributed by atoms with van der Waals surface area (Å²) >= 11 is 0. The molecule has 18 heavy (non-hydrogen) atoms. The van der Waals surface area contributed by atoms with Crippen LogP contribution < -0.4 is 0 Å². The predicted octanol–water partition coefficient (Wildman–Crippen LogP) is 1.94. The Kier molecular flexibility index (Phi) is 3.74. The number of hydrogen-bond donors (Lipinski definition) is 1. The maximum Gasteiger partial charge on any atom is 0.339 e. The third kappa shape index (κ3) is 2.41. The van der Waals surface area contributed by atoms with Crippen LogP contribution in [0.3, 0.4) is 0 Å². The number of aliphatic hydroxyl groups excluding tert-OH is 1. The summed E-state index contributed by atoms with van der Waals surface area (Å²) in [4.78, 5) is 15.5. The van der Waals surface area contributed by atoms with Gasteiger partial charge in [-0.15, -0.1) is 0 Å². The van der Waals surface area contributed by atoms with Crippen molar-refractivity contribution in [1.29, 1.82) is 0 Å². The highest BCUT2D eigenvalue weighted by molar-refractivity contribution is 5.79. The molecule has 0 bridgehead atoms. The largest absolute Gasteiger partial charge is 0.464 e. The minimum absolute atomic E-state index is 0.219. The molecule has 0 aliphatic carbocycles. The van der Waals surface area contributed by atoms with Gasteiger partial charge in [0.25, 0.3) is 0 Å². The number of aromatic nitrogens is 1. The second-order valence-corrected chi connectivity index (χ2v) is 3.58. The number of nitrogens with zero attached hydrogens (tertiary/aromatic N) is 1. The minimum atomic E-state index is -1.34. The second kappa shape index (κ2) is 5.46. The number of esters is 1. The third-order valence-corrected chi connectivity index (χ3v) is 2.43. The molecule has 5 nitrogen and oxygen atoms in total. The quantitative estimate of drug-likeness (QED) is 0.836. The molecule has 2 aromatic rings. The summed E-state index contributed by atoms with van der Waals surface area (Å²) in [6, 6.07) is 6.87. The van der Waals surface area contributed by atoms with Crippen LogP contribution in [0.4, 0.5) is 0 Å². The molecule has 1 heterocycles. The number of rotatable bonds is 4. The van der Waals surface area contributed by atoms with Crippen molar-refractivity contribution in [3.05, 3.63) is 42.3 Å². The lowest BCUT2D eigenvalue weighted by molar-refractivity contribution is -0.153. The smallest absolute Gasteiger partial charge is 0.339 e. The number of hydrogen-bond acceptors (Lipinski definition) is 5. The van der Waals surface area contributed by atoms with Crippen LogP contribution in [0.2, 0.25) is 0 Å². The van der Waals surface area contributed by atoms with E-state index in [2.05, 4.69) is 4.98 Å². The van der Waals surface area contributed by atoms with Crippen LogP contribution in [0.1, 0.15) is 18.6 Å². The van der Waals surface area contributed by atoms with Crippen molar-refractivity contribution in [2.45, 2.75) is 13.0 Å². The Labute approximate surface area is 104 Å². The van der Waals surface area contributed by atoms with E-state index in [1.54, 1.807) is 31.2 Å². The molecule has 0 radical (unpaired) electrons. The van der Waals surface area contributed by atoms with Gasteiger partial charge in [-0.05, 0) is 13.0 Å². The summed E-state index contributed by atoms with van der Waals surface area (Å²) in [7, 11) is 0. The Balaban J connectivity index is 2.36. The molecule has 1 unspecified atom stereocenters. The van der Waals surface area contributed by atoms with Gasteiger partial charge < -0.3 is 14.3 Å². The van der Waals surface area contributed by atoms with Gasteiger partial charge in [0.05, 0.1) is 12.8 Å². The summed E-state index contributed by atoms with van der Waals surface area (Å²) in [6.45, 7) is 1.90. The zero-order valence-corrected chi connectivity index (χ0v) is 9.87. The molecule has 0 amide bonds. The second-order valence-electron chi connectivity index (χ2n) is 3.58. The molecule has 94 valence electrons. The first-order valence-corrected chi connectivity index (χ1v) is 5.57. The number of oxazole rings is 1. The van der Waals surface area contributed by atoms with Crippen LogP contribution in [-0.2, 0) is 9.53 Å². The molecule has 0 saturated carbocycles. The first-order valence-electron chi connectivity index (χ1n) is 5.57. The molecule has 0 spiro atoms. The summed E-state index contributed by atoms with van der Waals surface area (Å²) in [5, 5.41) is 9.96. The van der Waals surface area contributed by atoms with Gasteiger partial charge in [0.2, 0.25) is 5.89 Å². The zero-order chi connectivity index (χ0) is 13.0. The first-order chi connectivity index (χ1) is 8.74. The van der Waals surface area contributed by atoms with Crippen molar-refractivity contribution in [3.63, 3.8) is 0 Å². The van der Waals surface area contributed by atoms with E-state index in [9.17, 15) is 9.90 Å². The Morgan fingerprint density at radius 3 is 2.94 bits per heavy atom. The maximum atomic E-state index is 11.5. The summed E-state index contributed by atoms with van der Waals surface area (Å²) in [5.41, 5.74) is 0.987.